The van der Waals surface area contributed by atoms with Crippen molar-refractivity contribution in [1.29, 1.82) is 0 Å². The van der Waals surface area contributed by atoms with Gasteiger partial charge < -0.3 is 36.4 Å². The van der Waals surface area contributed by atoms with Crippen LogP contribution in [0.15, 0.2) is 176 Å². The number of hydrogen-bond donors (Lipinski definition) is 7. The summed E-state index contributed by atoms with van der Waals surface area (Å²) in [6.07, 6.45) is 19.2. The molecule has 1 aliphatic rings. The Balaban J connectivity index is 0.000000150. The van der Waals surface area contributed by atoms with Crippen LogP contribution in [0.2, 0.25) is 0 Å². The third kappa shape index (κ3) is 15.6. The molecule has 10 N–H and O–H groups in total. The molecule has 0 aliphatic carbocycles. The first-order valence-electron chi connectivity index (χ1n) is 27.5. The van der Waals surface area contributed by atoms with E-state index < -0.39 is 0 Å². The van der Waals surface area contributed by atoms with Crippen molar-refractivity contribution in [2.75, 3.05) is 22.5 Å². The smallest absolute Gasteiger partial charge is 0.399 e. The molecule has 0 spiro atoms. The maximum absolute atomic E-state index is 10.7. The van der Waals surface area contributed by atoms with Gasteiger partial charge in [-0.1, -0.05) is 94.8 Å². The number of nitrogen functional groups attached to an aromatic ring is 3. The molecule has 12 rings (SSSR count). The van der Waals surface area contributed by atoms with Crippen molar-refractivity contribution in [3.8, 4) is 55.9 Å². The molecule has 0 amide bonds. The summed E-state index contributed by atoms with van der Waals surface area (Å²) in [6.45, 7) is 21.0. The minimum atomic E-state index is -0.307. The summed E-state index contributed by atoms with van der Waals surface area (Å²) < 4.78 is 14.8. The third-order valence-corrected chi connectivity index (χ3v) is 14.6. The molecule has 20 nitrogen and oxygen atoms in total. The summed E-state index contributed by atoms with van der Waals surface area (Å²) >= 11 is 3.23. The largest absolute Gasteiger partial charge is 0.498 e. The topological polar surface area (TPSA) is 298 Å². The molecule has 0 radical (unpaired) electrons. The minimum absolute atomic E-state index is 0.0278. The molecule has 6 aromatic heterocycles. The van der Waals surface area contributed by atoms with Gasteiger partial charge in [0.1, 0.15) is 5.82 Å². The molecule has 7 heterocycles. The summed E-state index contributed by atoms with van der Waals surface area (Å²) in [7, 11) is -0.307. The highest BCUT2D eigenvalue weighted by Gasteiger charge is 2.52. The Labute approximate surface area is 508 Å². The lowest BCUT2D eigenvalue weighted by Gasteiger charge is -2.32. The van der Waals surface area contributed by atoms with Gasteiger partial charge in [0.05, 0.1) is 46.0 Å². The van der Waals surface area contributed by atoms with Gasteiger partial charge in [0.2, 0.25) is 11.9 Å². The molecule has 0 atom stereocenters. The van der Waals surface area contributed by atoms with Gasteiger partial charge in [0, 0.05) is 110 Å². The first-order valence-corrected chi connectivity index (χ1v) is 28.3. The van der Waals surface area contributed by atoms with Crippen LogP contribution in [0.25, 0.3) is 66.9 Å². The van der Waals surface area contributed by atoms with Gasteiger partial charge >= 0.3 is 7.12 Å². The van der Waals surface area contributed by atoms with Crippen LogP contribution in [0.3, 0.4) is 0 Å². The number of aromatic nitrogens is 12. The molecule has 86 heavy (non-hydrogen) atoms. The average Bonchev–Trinajstić information content (AvgIpc) is 1.75. The van der Waals surface area contributed by atoms with E-state index in [1.807, 2.05) is 107 Å². The van der Waals surface area contributed by atoms with Gasteiger partial charge in [0.25, 0.3) is 0 Å². The van der Waals surface area contributed by atoms with Gasteiger partial charge in [-0.3, -0.25) is 24.9 Å². The summed E-state index contributed by atoms with van der Waals surface area (Å²) in [6, 6.07) is 35.1. The molecule has 5 aromatic carbocycles. The molecule has 0 saturated carbocycles. The number of nitrogens with zero attached hydrogens (tertiary/aromatic N) is 9. The fraction of sp³-hybridized carbons (Fsp3) is 0.219. The molecular weight excluding hydrogens is 1150 g/mol. The van der Waals surface area contributed by atoms with Crippen LogP contribution >= 0.6 is 15.9 Å². The Morgan fingerprint density at radius 3 is 1.53 bits per heavy atom. The van der Waals surface area contributed by atoms with Crippen molar-refractivity contribution in [1.82, 2.24) is 60.1 Å². The highest BCUT2D eigenvalue weighted by molar-refractivity contribution is 9.10. The van der Waals surface area contributed by atoms with Crippen LogP contribution < -0.4 is 28.0 Å². The van der Waals surface area contributed by atoms with Crippen LogP contribution in [-0.4, -0.2) is 96.5 Å². The quantitative estimate of drug-likeness (QED) is 0.0401. The van der Waals surface area contributed by atoms with Crippen molar-refractivity contribution in [2.24, 2.45) is 0 Å². The molecule has 22 heteroatoms. The SMILES string of the molecule is CC(C)(C)Nc1ccc(-c2cnc(N)nc2)cc1N.CC(C)(C)n1c(-c2ccccc2-c2cn[nH]c2)nc2cc(-c3cnc(N)nc3)ccc21.CC1(C)OB(c2cn[nH]c2)OC1(C)C.O=Cc1ccccc1-c1cn[nH]c1.O=Cc1ccccc1Br. The van der Waals surface area contributed by atoms with E-state index in [1.165, 1.54) is 0 Å². The zero-order valence-corrected chi connectivity index (χ0v) is 51.3. The number of rotatable bonds is 9. The summed E-state index contributed by atoms with van der Waals surface area (Å²) in [5.74, 6) is 1.45. The molecule has 0 unspecified atom stereocenters. The monoisotopic (exact) mass is 1220 g/mol. The lowest BCUT2D eigenvalue weighted by atomic mass is 9.82. The average molecular weight is 1220 g/mol. The molecule has 440 valence electrons. The summed E-state index contributed by atoms with van der Waals surface area (Å²) in [5.41, 5.74) is 31.1. The van der Waals surface area contributed by atoms with Crippen molar-refractivity contribution in [3.05, 3.63) is 187 Å². The van der Waals surface area contributed by atoms with Gasteiger partial charge in [-0.05, 0) is 122 Å². The van der Waals surface area contributed by atoms with Gasteiger partial charge in [-0.25, -0.2) is 24.9 Å². The predicted molar refractivity (Wildman–Crippen MR) is 346 cm³/mol. The standard InChI is InChI=1S/C24H23N7.C14H19N5.C10H8N2O.C9H15BN2O2.C7H5BrO/c1-24(2,3)31-21-9-8-15(16-11-26-23(25)27-12-16)10-20(21)30-22(31)19-7-5-4-6-18(19)17-13-28-29-14-17;1-14(2,3)19-12-5-4-9(6-11(12)15)10-7-17-13(16)18-8-10;13-7-8-3-1-2-4-10(8)9-5-11-12-6-9;1-8(2)9(3,4)14-10(13-8)7-5-11-12-6-7;8-7-4-2-1-3-6(7)5-9/h4-14H,1-3H3,(H,28,29)(H2,25,26,27);4-8,19H,15H2,1-3H3,(H2,16,17,18);1-7H,(H,11,12);5-6H,1-4H3,(H,11,12);1-5H. The number of benzene rings is 5. The molecule has 1 fully saturated rings. The number of hydrogen-bond acceptors (Lipinski definition) is 16. The fourth-order valence-corrected chi connectivity index (χ4v) is 9.26. The van der Waals surface area contributed by atoms with E-state index in [4.69, 9.17) is 31.5 Å². The second-order valence-electron chi connectivity index (χ2n) is 23.0. The minimum Gasteiger partial charge on any atom is -0.399 e. The van der Waals surface area contributed by atoms with Crippen LogP contribution in [0, 0.1) is 0 Å². The zero-order valence-electron chi connectivity index (χ0n) is 49.7. The number of aromatic amines is 3. The number of nitrogens with one attached hydrogen (secondary N) is 4. The lowest BCUT2D eigenvalue weighted by Crippen LogP contribution is -2.41. The van der Waals surface area contributed by atoms with Gasteiger partial charge in [-0.2, -0.15) is 15.3 Å². The van der Waals surface area contributed by atoms with Crippen molar-refractivity contribution in [2.45, 2.75) is 91.5 Å². The first-order chi connectivity index (χ1) is 40.9. The Bertz CT molecular complexity index is 3970. The van der Waals surface area contributed by atoms with Crippen molar-refractivity contribution < 1.29 is 18.9 Å². The van der Waals surface area contributed by atoms with E-state index in [-0.39, 0.29) is 41.3 Å². The number of H-pyrrole nitrogens is 3. The van der Waals surface area contributed by atoms with Gasteiger partial charge in [0.15, 0.2) is 12.6 Å². The lowest BCUT2D eigenvalue weighted by molar-refractivity contribution is 0.00578. The highest BCUT2D eigenvalue weighted by atomic mass is 79.9. The maximum Gasteiger partial charge on any atom is 0.498 e. The first kappa shape index (κ1) is 62.4. The van der Waals surface area contributed by atoms with Crippen molar-refractivity contribution in [3.63, 3.8) is 0 Å². The van der Waals surface area contributed by atoms with Crippen LogP contribution in [0.4, 0.5) is 23.3 Å². The van der Waals surface area contributed by atoms with Crippen LogP contribution in [0.5, 0.6) is 0 Å². The zero-order chi connectivity index (χ0) is 61.8. The van der Waals surface area contributed by atoms with E-state index in [1.54, 1.807) is 61.7 Å². The number of fused-ring (bicyclic) bond motifs is 1. The fourth-order valence-electron chi connectivity index (χ4n) is 8.88. The number of anilines is 4. The second-order valence-corrected chi connectivity index (χ2v) is 23.8. The number of carbonyl (C=O) groups is 2. The number of nitrogens with two attached hydrogens (primary N) is 3. The Morgan fingerprint density at radius 2 is 1.05 bits per heavy atom. The molecule has 11 aromatic rings. The van der Waals surface area contributed by atoms with E-state index in [9.17, 15) is 9.59 Å². The molecule has 0 bridgehead atoms. The maximum atomic E-state index is 10.7. The Kier molecular flexibility index (Phi) is 19.6. The van der Waals surface area contributed by atoms with E-state index in [2.05, 4.69) is 148 Å². The Morgan fingerprint density at radius 1 is 0.558 bits per heavy atom. The third-order valence-electron chi connectivity index (χ3n) is 13.8. The normalized spacial score (nSPS) is 13.1. The number of halogens is 1. The molecule has 1 saturated heterocycles. The molecule has 1 aliphatic heterocycles. The summed E-state index contributed by atoms with van der Waals surface area (Å²) in [4.78, 5) is 42.2. The predicted octanol–water partition coefficient (Wildman–Crippen LogP) is 12.3. The summed E-state index contributed by atoms with van der Waals surface area (Å²) in [5, 5.41) is 23.6. The number of aldehydes is 2. The molecular formula is C64H70BBrN16O4. The van der Waals surface area contributed by atoms with Gasteiger partial charge in [-0.15, -0.1) is 0 Å². The van der Waals surface area contributed by atoms with E-state index >= 15 is 0 Å². The Hall–Kier alpha value is -9.64. The van der Waals surface area contributed by atoms with Crippen LogP contribution in [-0.2, 0) is 14.8 Å². The number of carbonyl (C=O) groups excluding carboxylic acids is 2. The van der Waals surface area contributed by atoms with Crippen molar-refractivity contribution >= 4 is 75.4 Å². The highest BCUT2D eigenvalue weighted by Crippen LogP contribution is 2.39. The van der Waals surface area contributed by atoms with E-state index in [0.717, 1.165) is 95.1 Å². The second kappa shape index (κ2) is 26.9. The van der Waals surface area contributed by atoms with Crippen LogP contribution in [0.1, 0.15) is 90.0 Å². The van der Waals surface area contributed by atoms with E-state index in [0.29, 0.717) is 16.8 Å². The number of imidazole rings is 1.